The molecule has 5 nitrogen and oxygen atoms in total. The topological polar surface area (TPSA) is 44.8 Å². The SMILES string of the molecule is COc1ccccc1N1CCN(C(=O)NCCc2ccc(C)cc2)CC1. The Bertz CT molecular complexity index is 722. The predicted molar refractivity (Wildman–Crippen MR) is 105 cm³/mol. The normalized spacial score (nSPS) is 14.2. The average molecular weight is 353 g/mol. The van der Waals surface area contributed by atoms with Crippen LogP contribution in [0, 0.1) is 6.92 Å². The quantitative estimate of drug-likeness (QED) is 0.898. The first-order valence-electron chi connectivity index (χ1n) is 9.13. The second kappa shape index (κ2) is 8.61. The number of nitrogens with one attached hydrogen (secondary N) is 1. The molecule has 1 saturated heterocycles. The minimum Gasteiger partial charge on any atom is -0.495 e. The summed E-state index contributed by atoms with van der Waals surface area (Å²) >= 11 is 0. The molecule has 2 aromatic carbocycles. The van der Waals surface area contributed by atoms with Gasteiger partial charge in [-0.3, -0.25) is 0 Å². The van der Waals surface area contributed by atoms with E-state index >= 15 is 0 Å². The van der Waals surface area contributed by atoms with Gasteiger partial charge in [-0.25, -0.2) is 4.79 Å². The number of hydrogen-bond donors (Lipinski definition) is 1. The van der Waals surface area contributed by atoms with Crippen molar-refractivity contribution in [1.29, 1.82) is 0 Å². The van der Waals surface area contributed by atoms with E-state index in [4.69, 9.17) is 4.74 Å². The summed E-state index contributed by atoms with van der Waals surface area (Å²) in [5.41, 5.74) is 3.59. The van der Waals surface area contributed by atoms with E-state index in [9.17, 15) is 4.79 Å². The number of anilines is 1. The van der Waals surface area contributed by atoms with E-state index in [1.807, 2.05) is 23.1 Å². The van der Waals surface area contributed by atoms with Crippen molar-refractivity contribution in [3.8, 4) is 5.75 Å². The summed E-state index contributed by atoms with van der Waals surface area (Å²) in [4.78, 5) is 16.5. The molecule has 0 unspecified atom stereocenters. The molecular weight excluding hydrogens is 326 g/mol. The lowest BCUT2D eigenvalue weighted by molar-refractivity contribution is 0.194. The molecule has 26 heavy (non-hydrogen) atoms. The first-order chi connectivity index (χ1) is 12.7. The third-order valence-electron chi connectivity index (χ3n) is 4.80. The van der Waals surface area contributed by atoms with Gasteiger partial charge in [-0.1, -0.05) is 42.0 Å². The first kappa shape index (κ1) is 18.1. The van der Waals surface area contributed by atoms with E-state index in [-0.39, 0.29) is 6.03 Å². The molecule has 5 heteroatoms. The Hall–Kier alpha value is -2.69. The van der Waals surface area contributed by atoms with Gasteiger partial charge in [0.05, 0.1) is 12.8 Å². The highest BCUT2D eigenvalue weighted by Gasteiger charge is 2.22. The highest BCUT2D eigenvalue weighted by Crippen LogP contribution is 2.28. The molecule has 0 saturated carbocycles. The van der Waals surface area contributed by atoms with Crippen molar-refractivity contribution in [3.05, 3.63) is 59.7 Å². The molecular formula is C21H27N3O2. The minimum atomic E-state index is 0.0248. The van der Waals surface area contributed by atoms with Gasteiger partial charge < -0.3 is 19.9 Å². The van der Waals surface area contributed by atoms with Crippen LogP contribution in [0.3, 0.4) is 0 Å². The van der Waals surface area contributed by atoms with Crippen LogP contribution in [0.25, 0.3) is 0 Å². The summed E-state index contributed by atoms with van der Waals surface area (Å²) in [5.74, 6) is 0.878. The van der Waals surface area contributed by atoms with Crippen LogP contribution in [0.4, 0.5) is 10.5 Å². The largest absolute Gasteiger partial charge is 0.495 e. The Morgan fingerprint density at radius 2 is 1.73 bits per heavy atom. The first-order valence-corrected chi connectivity index (χ1v) is 9.13. The van der Waals surface area contributed by atoms with E-state index in [0.717, 1.165) is 30.9 Å². The standard InChI is InChI=1S/C21H27N3O2/c1-17-7-9-18(10-8-17)11-12-22-21(25)24-15-13-23(14-16-24)19-5-3-4-6-20(19)26-2/h3-10H,11-16H2,1-2H3,(H,22,25). The molecule has 1 aliphatic rings. The molecule has 0 spiro atoms. The number of ether oxygens (including phenoxy) is 1. The van der Waals surface area contributed by atoms with Crippen LogP contribution in [0.1, 0.15) is 11.1 Å². The Morgan fingerprint density at radius 1 is 1.04 bits per heavy atom. The zero-order valence-corrected chi connectivity index (χ0v) is 15.6. The van der Waals surface area contributed by atoms with Crippen LogP contribution < -0.4 is 15.0 Å². The van der Waals surface area contributed by atoms with Crippen LogP contribution in [-0.2, 0) is 6.42 Å². The molecule has 0 aromatic heterocycles. The van der Waals surface area contributed by atoms with Gasteiger partial charge in [-0.2, -0.15) is 0 Å². The number of piperazine rings is 1. The van der Waals surface area contributed by atoms with Crippen LogP contribution in [0.2, 0.25) is 0 Å². The molecule has 0 bridgehead atoms. The summed E-state index contributed by atoms with van der Waals surface area (Å²) in [6.45, 7) is 5.80. The lowest BCUT2D eigenvalue weighted by Gasteiger charge is -2.36. The molecule has 2 aromatic rings. The number of nitrogens with zero attached hydrogens (tertiary/aromatic N) is 2. The Kier molecular flexibility index (Phi) is 6.00. The van der Waals surface area contributed by atoms with Gasteiger partial charge in [-0.15, -0.1) is 0 Å². The molecule has 1 heterocycles. The van der Waals surface area contributed by atoms with Gasteiger partial charge in [0.25, 0.3) is 0 Å². The van der Waals surface area contributed by atoms with E-state index in [1.54, 1.807) is 7.11 Å². The molecule has 138 valence electrons. The number of carbonyl (C=O) groups is 1. The lowest BCUT2D eigenvalue weighted by atomic mass is 10.1. The van der Waals surface area contributed by atoms with Crippen molar-refractivity contribution in [3.63, 3.8) is 0 Å². The average Bonchev–Trinajstić information content (AvgIpc) is 2.69. The number of rotatable bonds is 5. The van der Waals surface area contributed by atoms with Crippen molar-refractivity contribution < 1.29 is 9.53 Å². The van der Waals surface area contributed by atoms with Crippen LogP contribution in [0.5, 0.6) is 5.75 Å². The maximum Gasteiger partial charge on any atom is 0.317 e. The number of hydrogen-bond acceptors (Lipinski definition) is 3. The molecule has 0 aliphatic carbocycles. The van der Waals surface area contributed by atoms with Gasteiger partial charge in [-0.05, 0) is 31.0 Å². The fourth-order valence-electron chi connectivity index (χ4n) is 3.22. The van der Waals surface area contributed by atoms with E-state index in [2.05, 4.69) is 47.5 Å². The number of para-hydroxylation sites is 2. The zero-order valence-electron chi connectivity index (χ0n) is 15.6. The van der Waals surface area contributed by atoms with Crippen molar-refractivity contribution in [2.75, 3.05) is 44.7 Å². The summed E-state index contributed by atoms with van der Waals surface area (Å²) < 4.78 is 5.44. The number of benzene rings is 2. The third-order valence-corrected chi connectivity index (χ3v) is 4.80. The van der Waals surface area contributed by atoms with Gasteiger partial charge in [0.15, 0.2) is 0 Å². The Balaban J connectivity index is 1.45. The maximum absolute atomic E-state index is 12.4. The van der Waals surface area contributed by atoms with Crippen molar-refractivity contribution in [2.45, 2.75) is 13.3 Å². The fraction of sp³-hybridized carbons (Fsp3) is 0.381. The summed E-state index contributed by atoms with van der Waals surface area (Å²) in [5, 5.41) is 3.04. The predicted octanol–water partition coefficient (Wildman–Crippen LogP) is 3.08. The fourth-order valence-corrected chi connectivity index (χ4v) is 3.22. The lowest BCUT2D eigenvalue weighted by Crippen LogP contribution is -2.52. The third kappa shape index (κ3) is 4.48. The molecule has 0 radical (unpaired) electrons. The van der Waals surface area contributed by atoms with E-state index < -0.39 is 0 Å². The van der Waals surface area contributed by atoms with Gasteiger partial charge in [0.2, 0.25) is 0 Å². The highest BCUT2D eigenvalue weighted by atomic mass is 16.5. The number of carbonyl (C=O) groups excluding carboxylic acids is 1. The second-order valence-electron chi connectivity index (χ2n) is 6.61. The Morgan fingerprint density at radius 3 is 2.42 bits per heavy atom. The molecule has 2 amide bonds. The summed E-state index contributed by atoms with van der Waals surface area (Å²) in [6, 6.07) is 16.5. The molecule has 1 N–H and O–H groups in total. The molecule has 1 aliphatic heterocycles. The summed E-state index contributed by atoms with van der Waals surface area (Å²) in [7, 11) is 1.69. The van der Waals surface area contributed by atoms with Crippen LogP contribution in [0.15, 0.2) is 48.5 Å². The van der Waals surface area contributed by atoms with Gasteiger partial charge in [0, 0.05) is 32.7 Å². The monoisotopic (exact) mass is 353 g/mol. The minimum absolute atomic E-state index is 0.0248. The van der Waals surface area contributed by atoms with Crippen molar-refractivity contribution >= 4 is 11.7 Å². The number of urea groups is 1. The maximum atomic E-state index is 12.4. The van der Waals surface area contributed by atoms with E-state index in [1.165, 1.54) is 11.1 Å². The van der Waals surface area contributed by atoms with Gasteiger partial charge >= 0.3 is 6.03 Å². The molecule has 3 rings (SSSR count). The summed E-state index contributed by atoms with van der Waals surface area (Å²) in [6.07, 6.45) is 0.854. The van der Waals surface area contributed by atoms with Gasteiger partial charge in [0.1, 0.15) is 5.75 Å². The molecule has 1 fully saturated rings. The van der Waals surface area contributed by atoms with E-state index in [0.29, 0.717) is 19.6 Å². The highest BCUT2D eigenvalue weighted by molar-refractivity contribution is 5.74. The Labute approximate surface area is 155 Å². The van der Waals surface area contributed by atoms with Crippen LogP contribution >= 0.6 is 0 Å². The number of methoxy groups -OCH3 is 1. The number of aryl methyl sites for hydroxylation is 1. The zero-order chi connectivity index (χ0) is 18.4. The molecule has 0 atom stereocenters. The van der Waals surface area contributed by atoms with Crippen LogP contribution in [-0.4, -0.2) is 50.8 Å². The van der Waals surface area contributed by atoms with Crippen molar-refractivity contribution in [1.82, 2.24) is 10.2 Å². The van der Waals surface area contributed by atoms with Crippen molar-refractivity contribution in [2.24, 2.45) is 0 Å². The smallest absolute Gasteiger partial charge is 0.317 e. The second-order valence-corrected chi connectivity index (χ2v) is 6.61. The number of amides is 2.